The number of carboxylic acid groups (broad SMARTS) is 1. The molecule has 2 rings (SSSR count). The monoisotopic (exact) mass is 286 g/mol. The number of aromatic nitrogens is 1. The van der Waals surface area contributed by atoms with Crippen LogP contribution in [0.25, 0.3) is 0 Å². The van der Waals surface area contributed by atoms with E-state index in [0.717, 1.165) is 0 Å². The van der Waals surface area contributed by atoms with E-state index in [2.05, 4.69) is 10.3 Å². The van der Waals surface area contributed by atoms with Gasteiger partial charge in [-0.15, -0.1) is 0 Å². The minimum Gasteiger partial charge on any atom is -0.496 e. The van der Waals surface area contributed by atoms with Gasteiger partial charge in [0.1, 0.15) is 5.75 Å². The minimum atomic E-state index is -0.951. The zero-order valence-corrected chi connectivity index (χ0v) is 11.4. The zero-order valence-electron chi connectivity index (χ0n) is 11.4. The molecule has 2 N–H and O–H groups in total. The third-order valence-corrected chi connectivity index (χ3v) is 2.77. The van der Waals surface area contributed by atoms with E-state index in [1.54, 1.807) is 36.4 Å². The quantitative estimate of drug-likeness (QED) is 0.877. The summed E-state index contributed by atoms with van der Waals surface area (Å²) < 4.78 is 5.13. The lowest BCUT2D eigenvalue weighted by Crippen LogP contribution is -2.13. The second kappa shape index (κ2) is 6.51. The molecule has 0 aliphatic carbocycles. The van der Waals surface area contributed by atoms with Gasteiger partial charge in [0, 0.05) is 0 Å². The van der Waals surface area contributed by atoms with Crippen LogP contribution in [-0.2, 0) is 11.2 Å². The summed E-state index contributed by atoms with van der Waals surface area (Å²) in [5.74, 6) is -0.793. The molecule has 21 heavy (non-hydrogen) atoms. The van der Waals surface area contributed by atoms with Gasteiger partial charge in [0.2, 0.25) is 0 Å². The number of amides is 1. The molecule has 0 bridgehead atoms. The Labute approximate surface area is 121 Å². The largest absolute Gasteiger partial charge is 0.496 e. The van der Waals surface area contributed by atoms with Crippen molar-refractivity contribution in [1.29, 1.82) is 0 Å². The number of nitrogens with zero attached hydrogens (tertiary/aromatic N) is 1. The lowest BCUT2D eigenvalue weighted by atomic mass is 10.2. The second-order valence-corrected chi connectivity index (χ2v) is 4.26. The van der Waals surface area contributed by atoms with Gasteiger partial charge in [0.15, 0.2) is 0 Å². The second-order valence-electron chi connectivity index (χ2n) is 4.26. The standard InChI is InChI=1S/C15H14N2O4/c1-21-13-5-3-2-4-12(13)15(20)17-11-7-6-10(16-9-11)8-14(18)19/h2-7,9H,8H2,1H3,(H,17,20)(H,18,19). The number of pyridine rings is 1. The van der Waals surface area contributed by atoms with Crippen LogP contribution in [0.3, 0.4) is 0 Å². The van der Waals surface area contributed by atoms with Crippen molar-refractivity contribution in [2.45, 2.75) is 6.42 Å². The van der Waals surface area contributed by atoms with Gasteiger partial charge in [0.25, 0.3) is 5.91 Å². The smallest absolute Gasteiger partial charge is 0.309 e. The predicted molar refractivity (Wildman–Crippen MR) is 76.5 cm³/mol. The molecule has 0 spiro atoms. The highest BCUT2D eigenvalue weighted by molar-refractivity contribution is 6.06. The molecule has 2 aromatic rings. The molecule has 6 nitrogen and oxygen atoms in total. The van der Waals surface area contributed by atoms with Crippen molar-refractivity contribution in [3.05, 3.63) is 53.9 Å². The van der Waals surface area contributed by atoms with Crippen molar-refractivity contribution in [2.75, 3.05) is 12.4 Å². The number of para-hydroxylation sites is 1. The Hall–Kier alpha value is -2.89. The van der Waals surface area contributed by atoms with Gasteiger partial charge in [-0.1, -0.05) is 12.1 Å². The molecule has 108 valence electrons. The first-order chi connectivity index (χ1) is 10.1. The van der Waals surface area contributed by atoms with Crippen molar-refractivity contribution in [1.82, 2.24) is 4.98 Å². The summed E-state index contributed by atoms with van der Waals surface area (Å²) in [6.07, 6.45) is 1.27. The zero-order chi connectivity index (χ0) is 15.2. The Balaban J connectivity index is 2.10. The SMILES string of the molecule is COc1ccccc1C(=O)Nc1ccc(CC(=O)O)nc1. The molecule has 0 saturated carbocycles. The maximum Gasteiger partial charge on any atom is 0.309 e. The Morgan fingerprint density at radius 1 is 1.24 bits per heavy atom. The van der Waals surface area contributed by atoms with Crippen molar-refractivity contribution < 1.29 is 19.4 Å². The highest BCUT2D eigenvalue weighted by Gasteiger charge is 2.11. The summed E-state index contributed by atoms with van der Waals surface area (Å²) in [5, 5.41) is 11.3. The maximum absolute atomic E-state index is 12.1. The third-order valence-electron chi connectivity index (χ3n) is 2.77. The molecule has 0 fully saturated rings. The van der Waals surface area contributed by atoms with Crippen LogP contribution in [0, 0.1) is 0 Å². The first-order valence-electron chi connectivity index (χ1n) is 6.21. The number of hydrogen-bond donors (Lipinski definition) is 2. The van der Waals surface area contributed by atoms with Crippen LogP contribution in [0.15, 0.2) is 42.6 Å². The first-order valence-corrected chi connectivity index (χ1v) is 6.21. The fourth-order valence-corrected chi connectivity index (χ4v) is 1.79. The number of carbonyl (C=O) groups is 2. The van der Waals surface area contributed by atoms with Crippen molar-refractivity contribution >= 4 is 17.6 Å². The minimum absolute atomic E-state index is 0.152. The van der Waals surface area contributed by atoms with E-state index >= 15 is 0 Å². The molecule has 0 unspecified atom stereocenters. The lowest BCUT2D eigenvalue weighted by Gasteiger charge is -2.09. The van der Waals surface area contributed by atoms with Crippen LogP contribution >= 0.6 is 0 Å². The number of hydrogen-bond acceptors (Lipinski definition) is 4. The normalized spacial score (nSPS) is 9.95. The molecule has 1 aromatic carbocycles. The molecule has 1 amide bonds. The van der Waals surface area contributed by atoms with Crippen LogP contribution in [-0.4, -0.2) is 29.1 Å². The number of methoxy groups -OCH3 is 1. The summed E-state index contributed by atoms with van der Waals surface area (Å²) in [7, 11) is 1.49. The van der Waals surface area contributed by atoms with Gasteiger partial charge in [-0.2, -0.15) is 0 Å². The molecular formula is C15H14N2O4. The van der Waals surface area contributed by atoms with Crippen LogP contribution < -0.4 is 10.1 Å². The fourth-order valence-electron chi connectivity index (χ4n) is 1.79. The number of ether oxygens (including phenoxy) is 1. The number of rotatable bonds is 5. The summed E-state index contributed by atoms with van der Waals surface area (Å²) in [5.41, 5.74) is 1.33. The average molecular weight is 286 g/mol. The Morgan fingerprint density at radius 2 is 2.00 bits per heavy atom. The van der Waals surface area contributed by atoms with Crippen LogP contribution in [0.1, 0.15) is 16.1 Å². The van der Waals surface area contributed by atoms with Gasteiger partial charge in [-0.3, -0.25) is 14.6 Å². The number of aliphatic carboxylic acids is 1. The van der Waals surface area contributed by atoms with Crippen molar-refractivity contribution in [2.24, 2.45) is 0 Å². The van der Waals surface area contributed by atoms with Gasteiger partial charge < -0.3 is 15.2 Å². The molecular weight excluding hydrogens is 272 g/mol. The molecule has 1 heterocycles. The van der Waals surface area contributed by atoms with Gasteiger partial charge >= 0.3 is 5.97 Å². The average Bonchev–Trinajstić information content (AvgIpc) is 2.48. The first kappa shape index (κ1) is 14.5. The Bertz CT molecular complexity index is 653. The molecule has 0 aliphatic heterocycles. The number of anilines is 1. The number of carboxylic acids is 1. The van der Waals surface area contributed by atoms with Gasteiger partial charge in [-0.05, 0) is 24.3 Å². The van der Waals surface area contributed by atoms with E-state index in [-0.39, 0.29) is 12.3 Å². The van der Waals surface area contributed by atoms with Gasteiger partial charge in [0.05, 0.1) is 36.7 Å². The topological polar surface area (TPSA) is 88.5 Å². The summed E-state index contributed by atoms with van der Waals surface area (Å²) in [6, 6.07) is 10.0. The van der Waals surface area contributed by atoms with Gasteiger partial charge in [-0.25, -0.2) is 0 Å². The van der Waals surface area contributed by atoms with E-state index in [1.165, 1.54) is 13.3 Å². The van der Waals surface area contributed by atoms with E-state index in [9.17, 15) is 9.59 Å². The summed E-state index contributed by atoms with van der Waals surface area (Å²) in [4.78, 5) is 26.7. The van der Waals surface area contributed by atoms with E-state index in [0.29, 0.717) is 22.7 Å². The summed E-state index contributed by atoms with van der Waals surface area (Å²) >= 11 is 0. The van der Waals surface area contributed by atoms with Crippen LogP contribution in [0.2, 0.25) is 0 Å². The van der Waals surface area contributed by atoms with Crippen LogP contribution in [0.4, 0.5) is 5.69 Å². The predicted octanol–water partition coefficient (Wildman–Crippen LogP) is 1.97. The Kier molecular flexibility index (Phi) is 4.50. The molecule has 0 radical (unpaired) electrons. The van der Waals surface area contributed by atoms with Crippen LogP contribution in [0.5, 0.6) is 5.75 Å². The highest BCUT2D eigenvalue weighted by atomic mass is 16.5. The fraction of sp³-hybridized carbons (Fsp3) is 0.133. The van der Waals surface area contributed by atoms with Crippen molar-refractivity contribution in [3.8, 4) is 5.75 Å². The number of carbonyl (C=O) groups excluding carboxylic acids is 1. The molecule has 0 atom stereocenters. The van der Waals surface area contributed by atoms with E-state index in [1.807, 2.05) is 0 Å². The molecule has 6 heteroatoms. The maximum atomic E-state index is 12.1. The summed E-state index contributed by atoms with van der Waals surface area (Å²) in [6.45, 7) is 0. The highest BCUT2D eigenvalue weighted by Crippen LogP contribution is 2.19. The third kappa shape index (κ3) is 3.79. The molecule has 1 aromatic heterocycles. The lowest BCUT2D eigenvalue weighted by molar-refractivity contribution is -0.136. The number of nitrogens with one attached hydrogen (secondary N) is 1. The molecule has 0 aliphatic rings. The van der Waals surface area contributed by atoms with E-state index < -0.39 is 5.97 Å². The Morgan fingerprint density at radius 3 is 2.62 bits per heavy atom. The van der Waals surface area contributed by atoms with Crippen molar-refractivity contribution in [3.63, 3.8) is 0 Å². The molecule has 0 saturated heterocycles. The number of benzene rings is 1. The van der Waals surface area contributed by atoms with E-state index in [4.69, 9.17) is 9.84 Å².